The van der Waals surface area contributed by atoms with Crippen LogP contribution in [-0.4, -0.2) is 12.3 Å². The fraction of sp³-hybridized carbons (Fsp3) is 0.368. The van der Waals surface area contributed by atoms with Crippen molar-refractivity contribution in [1.29, 1.82) is 0 Å². The number of hydrogen-bond donors (Lipinski definition) is 0. The summed E-state index contributed by atoms with van der Waals surface area (Å²) in [6.07, 6.45) is 3.27. The standard InChI is InChI=1S/C76H82BN3OS/c1-70(2,3)45-20-27-50(28-21-45)78-61-43-55-54-38-47(72(7,8)9)25-34-64(54)81-65(55)44-59(61)77-58-32-31-53-56-39-48(73(10,11)12)26-35-66(56)82-69(53)68(58)79(51-29-22-46(23-30-51)71(4,5)6)63-42-52(41-62(78)67(63)77)80-60-33-24-49(74(13,14)15)40-57(60)75(16)36-18-19-37-76(75,80)17/h20-35,38-44H,18-19,36-37H2,1-17H3/i1D3,4D3,5D3,6D3,10D3,11D3,13D3. The van der Waals surface area contributed by atoms with Gasteiger partial charge in [0.1, 0.15) is 11.2 Å². The maximum atomic E-state index is 8.80. The van der Waals surface area contributed by atoms with Gasteiger partial charge >= 0.3 is 0 Å². The van der Waals surface area contributed by atoms with Gasteiger partial charge in [-0.3, -0.25) is 0 Å². The van der Waals surface area contributed by atoms with Crippen LogP contribution in [0.2, 0.25) is 0 Å². The minimum absolute atomic E-state index is 0.0784. The van der Waals surface area contributed by atoms with Crippen molar-refractivity contribution in [2.24, 2.45) is 0 Å². The molecule has 0 radical (unpaired) electrons. The van der Waals surface area contributed by atoms with Crippen LogP contribution < -0.4 is 31.1 Å². The first-order valence-corrected chi connectivity index (χ1v) is 29.5. The number of furan rings is 1. The zero-order valence-electron chi connectivity index (χ0n) is 69.3. The lowest BCUT2D eigenvalue weighted by Gasteiger charge is -2.51. The van der Waals surface area contributed by atoms with Crippen LogP contribution in [0.15, 0.2) is 144 Å². The lowest BCUT2D eigenvalue weighted by Crippen LogP contribution is -2.61. The molecule has 0 N–H and O–H groups in total. The van der Waals surface area contributed by atoms with E-state index in [0.717, 1.165) is 81.0 Å². The van der Waals surface area contributed by atoms with Gasteiger partial charge in [0.2, 0.25) is 0 Å². The number of rotatable bonds is 3. The molecule has 82 heavy (non-hydrogen) atoms. The molecule has 2 unspecified atom stereocenters. The van der Waals surface area contributed by atoms with Crippen molar-refractivity contribution in [1.82, 2.24) is 0 Å². The Morgan fingerprint density at radius 2 is 1.04 bits per heavy atom. The van der Waals surface area contributed by atoms with E-state index in [9.17, 15) is 0 Å². The highest BCUT2D eigenvalue weighted by Gasteiger charge is 2.58. The summed E-state index contributed by atoms with van der Waals surface area (Å²) in [7, 11) is 0. The molecular formula is C76H82BN3OS. The highest BCUT2D eigenvalue weighted by atomic mass is 32.1. The topological polar surface area (TPSA) is 22.9 Å². The summed E-state index contributed by atoms with van der Waals surface area (Å²) in [6.45, 7) is -2.96. The molecule has 10 aromatic rings. The minimum atomic E-state index is -3.59. The van der Waals surface area contributed by atoms with Crippen LogP contribution in [0.3, 0.4) is 0 Å². The van der Waals surface area contributed by atoms with Crippen molar-refractivity contribution < 1.29 is 33.2 Å². The molecule has 0 amide bonds. The summed E-state index contributed by atoms with van der Waals surface area (Å²) in [5.74, 6) is 0. The quantitative estimate of drug-likeness (QED) is 0.165. The molecule has 5 heterocycles. The molecular weight excluding hydrogens is 1010 g/mol. The zero-order chi connectivity index (χ0) is 75.2. The van der Waals surface area contributed by atoms with E-state index in [2.05, 4.69) is 86.9 Å². The molecule has 2 atom stereocenters. The molecule has 1 fully saturated rings. The highest BCUT2D eigenvalue weighted by molar-refractivity contribution is 7.26. The SMILES string of the molecule is [2H]C([2H])([2H])C(C)(C)c1ccc(N2c3cc4c(cc3B3c5ccc6c(sc7ccc(C(C)(C([2H])([2H])[2H])C([2H])([2H])[2H])cc76)c5N(c5ccc(C(C([2H])([2H])[2H])(C([2H])([2H])[2H])C([2H])([2H])[2H])cc5)c5cc(N6c7ccc(C(C)(C)C([2H])([2H])[2H])cc7C7(C)CCCCC67C)cc2c53)oc2ccc(C(C)(C)C)cc24)cc1. The van der Waals surface area contributed by atoms with E-state index in [1.54, 1.807) is 58.0 Å². The van der Waals surface area contributed by atoms with Crippen molar-refractivity contribution in [3.63, 3.8) is 0 Å². The molecule has 0 saturated heterocycles. The number of thiophene rings is 1. The smallest absolute Gasteiger partial charge is 0.252 e. The second kappa shape index (κ2) is 17.4. The van der Waals surface area contributed by atoms with Crippen LogP contribution in [-0.2, 0) is 32.5 Å². The summed E-state index contributed by atoms with van der Waals surface area (Å²) in [5, 5.41) is 2.93. The van der Waals surface area contributed by atoms with E-state index in [1.807, 2.05) is 59.5 Å². The molecule has 1 saturated carbocycles. The largest absolute Gasteiger partial charge is 0.456 e. The normalized spacial score (nSPS) is 24.0. The maximum absolute atomic E-state index is 8.80. The Hall–Kier alpha value is -6.76. The lowest BCUT2D eigenvalue weighted by molar-refractivity contribution is 0.195. The number of hydrogen-bond acceptors (Lipinski definition) is 5. The van der Waals surface area contributed by atoms with Gasteiger partial charge < -0.3 is 19.1 Å². The molecule has 8 aromatic carbocycles. The van der Waals surface area contributed by atoms with Crippen LogP contribution in [0.1, 0.15) is 205 Å². The third-order valence-corrected chi connectivity index (χ3v) is 20.4. The van der Waals surface area contributed by atoms with Gasteiger partial charge in [0, 0.05) is 100 Å². The van der Waals surface area contributed by atoms with Gasteiger partial charge in [-0.05, 0) is 175 Å². The molecule has 0 bridgehead atoms. The van der Waals surface area contributed by atoms with Crippen molar-refractivity contribution in [2.75, 3.05) is 14.7 Å². The first-order valence-electron chi connectivity index (χ1n) is 39.2. The van der Waals surface area contributed by atoms with Gasteiger partial charge in [-0.2, -0.15) is 0 Å². The molecule has 14 rings (SSSR count). The van der Waals surface area contributed by atoms with E-state index < -0.39 is 92.9 Å². The fourth-order valence-electron chi connectivity index (χ4n) is 14.4. The molecule has 0 spiro atoms. The summed E-state index contributed by atoms with van der Waals surface area (Å²) >= 11 is 1.40. The van der Waals surface area contributed by atoms with Gasteiger partial charge in [0.05, 0.1) is 15.9 Å². The molecule has 1 aliphatic carbocycles. The molecule has 6 heteroatoms. The monoisotopic (exact) mass is 1120 g/mol. The molecule has 4 nitrogen and oxygen atoms in total. The Bertz CT molecular complexity index is 5090. The van der Waals surface area contributed by atoms with Crippen molar-refractivity contribution in [3.8, 4) is 0 Å². The first-order chi connectivity index (χ1) is 47.3. The Balaban J connectivity index is 1.16. The van der Waals surface area contributed by atoms with Crippen molar-refractivity contribution in [3.05, 3.63) is 173 Å². The molecule has 2 aromatic heterocycles. The van der Waals surface area contributed by atoms with Crippen LogP contribution in [0.4, 0.5) is 45.5 Å². The molecule has 4 aliphatic rings. The lowest BCUT2D eigenvalue weighted by atomic mass is 9.33. The second-order valence-electron chi connectivity index (χ2n) is 26.8. The number of nitrogens with zero attached hydrogens (tertiary/aromatic N) is 3. The van der Waals surface area contributed by atoms with Crippen LogP contribution in [0, 0.1) is 0 Å². The Morgan fingerprint density at radius 3 is 1.73 bits per heavy atom. The average molecular weight is 1120 g/mol. The van der Waals surface area contributed by atoms with E-state index in [1.165, 1.54) is 30.4 Å². The van der Waals surface area contributed by atoms with E-state index in [4.69, 9.17) is 33.2 Å². The Morgan fingerprint density at radius 1 is 0.463 bits per heavy atom. The van der Waals surface area contributed by atoms with Crippen LogP contribution >= 0.6 is 11.3 Å². The third-order valence-electron chi connectivity index (χ3n) is 19.2. The zero-order valence-corrected chi connectivity index (χ0v) is 49.2. The average Bonchev–Trinajstić information content (AvgIpc) is 1.67. The third kappa shape index (κ3) is 7.81. The van der Waals surface area contributed by atoms with Crippen molar-refractivity contribution >= 4 is 122 Å². The van der Waals surface area contributed by atoms with E-state index in [-0.39, 0.29) is 11.0 Å². The maximum Gasteiger partial charge on any atom is 0.252 e. The predicted molar refractivity (Wildman–Crippen MR) is 357 cm³/mol. The number of anilines is 8. The second-order valence-corrected chi connectivity index (χ2v) is 27.8. The Labute approximate surface area is 522 Å². The van der Waals surface area contributed by atoms with E-state index >= 15 is 0 Å². The number of benzene rings is 8. The summed E-state index contributed by atoms with van der Waals surface area (Å²) in [4.78, 5) is 6.66. The van der Waals surface area contributed by atoms with Crippen LogP contribution in [0.25, 0.3) is 42.1 Å². The van der Waals surface area contributed by atoms with Gasteiger partial charge in [0.25, 0.3) is 6.71 Å². The van der Waals surface area contributed by atoms with Gasteiger partial charge in [-0.1, -0.05) is 184 Å². The van der Waals surface area contributed by atoms with Gasteiger partial charge in [0.15, 0.2) is 0 Å². The first kappa shape index (κ1) is 34.8. The summed E-state index contributed by atoms with van der Waals surface area (Å²) in [5.41, 5.74) is 2.17. The molecule has 3 aliphatic heterocycles. The number of fused-ring (bicyclic) bond motifs is 14. The predicted octanol–water partition coefficient (Wildman–Crippen LogP) is 20.3. The van der Waals surface area contributed by atoms with Crippen molar-refractivity contribution in [2.45, 2.75) is 181 Å². The van der Waals surface area contributed by atoms with Gasteiger partial charge in [-0.25, -0.2) is 0 Å². The summed E-state index contributed by atoms with van der Waals surface area (Å²) < 4.78 is 192. The fourth-order valence-corrected chi connectivity index (χ4v) is 15.7. The van der Waals surface area contributed by atoms with Crippen LogP contribution in [0.5, 0.6) is 0 Å². The van der Waals surface area contributed by atoms with E-state index in [0.29, 0.717) is 70.9 Å². The molecule has 416 valence electrons. The minimum Gasteiger partial charge on any atom is -0.456 e. The Kier molecular flexibility index (Phi) is 7.38. The summed E-state index contributed by atoms with van der Waals surface area (Å²) in [6, 6.07) is 43.1. The highest BCUT2D eigenvalue weighted by Crippen LogP contribution is 2.63. The van der Waals surface area contributed by atoms with Gasteiger partial charge in [-0.15, -0.1) is 11.3 Å².